The molecule has 1 fully saturated rings. The van der Waals surface area contributed by atoms with Gasteiger partial charge in [-0.1, -0.05) is 27.5 Å². The fraction of sp³-hybridized carbons (Fsp3) is 0.533. The second kappa shape index (κ2) is 7.43. The molecule has 0 bridgehead atoms. The normalized spacial score (nSPS) is 20.0. The first-order valence-electron chi connectivity index (χ1n) is 6.92. The summed E-state index contributed by atoms with van der Waals surface area (Å²) in [6.07, 6.45) is 3.32. The number of hydrogen-bond donors (Lipinski definition) is 1. The Bertz CT molecular complexity index is 481. The summed E-state index contributed by atoms with van der Waals surface area (Å²) < 4.78 is 1.04. The predicted molar refractivity (Wildman–Crippen MR) is 84.0 cm³/mol. The van der Waals surface area contributed by atoms with Gasteiger partial charge in [0.2, 0.25) is 0 Å². The van der Waals surface area contributed by atoms with Gasteiger partial charge in [-0.05, 0) is 55.5 Å². The molecule has 0 aliphatic carbocycles. The summed E-state index contributed by atoms with van der Waals surface area (Å²) in [5.74, 6) is -0.206. The Morgan fingerprint density at radius 2 is 2.30 bits per heavy atom. The molecule has 0 aromatic heterocycles. The quantitative estimate of drug-likeness (QED) is 0.856. The first kappa shape index (κ1) is 15.8. The molecule has 3 nitrogen and oxygen atoms in total. The lowest BCUT2D eigenvalue weighted by Crippen LogP contribution is -2.35. The van der Waals surface area contributed by atoms with Crippen LogP contribution in [0.2, 0.25) is 5.02 Å². The van der Waals surface area contributed by atoms with Crippen LogP contribution in [0.5, 0.6) is 0 Å². The van der Waals surface area contributed by atoms with Crippen LogP contribution in [-0.2, 0) is 11.3 Å². The van der Waals surface area contributed by atoms with Gasteiger partial charge in [-0.25, -0.2) is 0 Å². The number of nitrogens with zero attached hydrogens (tertiary/aromatic N) is 1. The molecular weight excluding hydrogens is 342 g/mol. The standard InChI is InChI=1S/C15H19BrClNO2/c16-13-4-5-14(17)12(8-13)10-18-7-1-2-11(9-18)3-6-15(19)20/h4-5,8,11H,1-3,6-7,9-10H2,(H,19,20). The van der Waals surface area contributed by atoms with Crippen LogP contribution < -0.4 is 0 Å². The van der Waals surface area contributed by atoms with Crippen molar-refractivity contribution in [1.82, 2.24) is 4.90 Å². The number of rotatable bonds is 5. The zero-order valence-corrected chi connectivity index (χ0v) is 13.7. The molecule has 0 saturated carbocycles. The van der Waals surface area contributed by atoms with Crippen molar-refractivity contribution < 1.29 is 9.90 Å². The molecule has 0 amide bonds. The molecule has 20 heavy (non-hydrogen) atoms. The van der Waals surface area contributed by atoms with Crippen molar-refractivity contribution in [3.8, 4) is 0 Å². The van der Waals surface area contributed by atoms with Crippen LogP contribution in [-0.4, -0.2) is 29.1 Å². The van der Waals surface area contributed by atoms with Crippen LogP contribution in [0, 0.1) is 5.92 Å². The molecule has 1 unspecified atom stereocenters. The topological polar surface area (TPSA) is 40.5 Å². The zero-order chi connectivity index (χ0) is 14.5. The van der Waals surface area contributed by atoms with Gasteiger partial charge in [0.15, 0.2) is 0 Å². The van der Waals surface area contributed by atoms with E-state index in [4.69, 9.17) is 16.7 Å². The Balaban J connectivity index is 1.92. The molecule has 1 N–H and O–H groups in total. The van der Waals surface area contributed by atoms with Crippen molar-refractivity contribution >= 4 is 33.5 Å². The van der Waals surface area contributed by atoms with Crippen molar-refractivity contribution in [2.45, 2.75) is 32.2 Å². The van der Waals surface area contributed by atoms with E-state index in [0.717, 1.165) is 54.0 Å². The Labute approximate surface area is 133 Å². The zero-order valence-electron chi connectivity index (χ0n) is 11.3. The van der Waals surface area contributed by atoms with Crippen molar-refractivity contribution in [2.75, 3.05) is 13.1 Å². The van der Waals surface area contributed by atoms with Gasteiger partial charge in [-0.2, -0.15) is 0 Å². The maximum absolute atomic E-state index is 10.7. The molecule has 1 saturated heterocycles. The molecule has 1 atom stereocenters. The Hall–Kier alpha value is -0.580. The van der Waals surface area contributed by atoms with Crippen LogP contribution in [0.25, 0.3) is 0 Å². The summed E-state index contributed by atoms with van der Waals surface area (Å²) in [5.41, 5.74) is 1.12. The summed E-state index contributed by atoms with van der Waals surface area (Å²) in [5, 5.41) is 9.57. The highest BCUT2D eigenvalue weighted by Gasteiger charge is 2.21. The van der Waals surface area contributed by atoms with Gasteiger partial charge in [-0.3, -0.25) is 9.69 Å². The summed E-state index contributed by atoms with van der Waals surface area (Å²) in [6.45, 7) is 2.87. The van der Waals surface area contributed by atoms with Gasteiger partial charge in [0.05, 0.1) is 0 Å². The number of halogens is 2. The number of carboxylic acids is 1. The summed E-state index contributed by atoms with van der Waals surface area (Å²) >= 11 is 9.70. The predicted octanol–water partition coefficient (Wildman–Crippen LogP) is 4.18. The van der Waals surface area contributed by atoms with Crippen molar-refractivity contribution in [2.24, 2.45) is 5.92 Å². The minimum atomic E-state index is -0.697. The molecule has 1 heterocycles. The molecule has 1 aliphatic rings. The summed E-state index contributed by atoms with van der Waals surface area (Å²) in [4.78, 5) is 13.0. The van der Waals surface area contributed by atoms with Crippen LogP contribution in [0.1, 0.15) is 31.2 Å². The molecule has 0 spiro atoms. The SMILES string of the molecule is O=C(O)CCC1CCCN(Cc2cc(Br)ccc2Cl)C1. The van der Waals surface area contributed by atoms with Gasteiger partial charge in [0, 0.05) is 29.0 Å². The van der Waals surface area contributed by atoms with Gasteiger partial charge < -0.3 is 5.11 Å². The van der Waals surface area contributed by atoms with E-state index in [1.54, 1.807) is 0 Å². The highest BCUT2D eigenvalue weighted by molar-refractivity contribution is 9.10. The van der Waals surface area contributed by atoms with Crippen LogP contribution >= 0.6 is 27.5 Å². The Kier molecular flexibility index (Phi) is 5.87. The van der Waals surface area contributed by atoms with Crippen LogP contribution in [0.15, 0.2) is 22.7 Å². The fourth-order valence-electron chi connectivity index (χ4n) is 2.76. The number of aliphatic carboxylic acids is 1. The second-order valence-electron chi connectivity index (χ2n) is 5.41. The fourth-order valence-corrected chi connectivity index (χ4v) is 3.35. The van der Waals surface area contributed by atoms with Gasteiger partial charge >= 0.3 is 5.97 Å². The van der Waals surface area contributed by atoms with E-state index in [2.05, 4.69) is 26.9 Å². The van der Waals surface area contributed by atoms with E-state index in [1.807, 2.05) is 12.1 Å². The lowest BCUT2D eigenvalue weighted by molar-refractivity contribution is -0.137. The van der Waals surface area contributed by atoms with Gasteiger partial charge in [0.1, 0.15) is 0 Å². The first-order valence-corrected chi connectivity index (χ1v) is 8.10. The third-order valence-electron chi connectivity index (χ3n) is 3.77. The molecule has 2 rings (SSSR count). The molecule has 1 aliphatic heterocycles. The lowest BCUT2D eigenvalue weighted by Gasteiger charge is -2.32. The van der Waals surface area contributed by atoms with Gasteiger partial charge in [0.25, 0.3) is 0 Å². The van der Waals surface area contributed by atoms with Crippen LogP contribution in [0.4, 0.5) is 0 Å². The number of likely N-dealkylation sites (tertiary alicyclic amines) is 1. The molecule has 1 aromatic rings. The smallest absolute Gasteiger partial charge is 0.303 e. The third-order valence-corrected chi connectivity index (χ3v) is 4.63. The van der Waals surface area contributed by atoms with Crippen molar-refractivity contribution in [3.05, 3.63) is 33.3 Å². The highest BCUT2D eigenvalue weighted by atomic mass is 79.9. The minimum Gasteiger partial charge on any atom is -0.481 e. The number of piperidine rings is 1. The summed E-state index contributed by atoms with van der Waals surface area (Å²) in [7, 11) is 0. The average molecular weight is 361 g/mol. The van der Waals surface area contributed by atoms with E-state index in [0.29, 0.717) is 5.92 Å². The van der Waals surface area contributed by atoms with E-state index >= 15 is 0 Å². The summed E-state index contributed by atoms with van der Waals surface area (Å²) in [6, 6.07) is 5.91. The third kappa shape index (κ3) is 4.76. The van der Waals surface area contributed by atoms with Crippen molar-refractivity contribution in [1.29, 1.82) is 0 Å². The minimum absolute atomic E-state index is 0.274. The lowest BCUT2D eigenvalue weighted by atomic mass is 9.93. The van der Waals surface area contributed by atoms with Crippen LogP contribution in [0.3, 0.4) is 0 Å². The molecule has 0 radical (unpaired) electrons. The number of carbonyl (C=O) groups is 1. The largest absolute Gasteiger partial charge is 0.481 e. The van der Waals surface area contributed by atoms with E-state index in [-0.39, 0.29) is 6.42 Å². The maximum Gasteiger partial charge on any atom is 0.303 e. The Morgan fingerprint density at radius 1 is 1.50 bits per heavy atom. The maximum atomic E-state index is 10.7. The molecule has 110 valence electrons. The average Bonchev–Trinajstić information content (AvgIpc) is 2.41. The number of carboxylic acid groups (broad SMARTS) is 1. The van der Waals surface area contributed by atoms with E-state index in [9.17, 15) is 4.79 Å². The first-order chi connectivity index (χ1) is 9.54. The van der Waals surface area contributed by atoms with E-state index < -0.39 is 5.97 Å². The van der Waals surface area contributed by atoms with E-state index in [1.165, 1.54) is 0 Å². The van der Waals surface area contributed by atoms with Gasteiger partial charge in [-0.15, -0.1) is 0 Å². The second-order valence-corrected chi connectivity index (χ2v) is 6.73. The van der Waals surface area contributed by atoms with Crippen molar-refractivity contribution in [3.63, 3.8) is 0 Å². The molecule has 1 aromatic carbocycles. The monoisotopic (exact) mass is 359 g/mol. The molecule has 5 heteroatoms. The highest BCUT2D eigenvalue weighted by Crippen LogP contribution is 2.26. The Morgan fingerprint density at radius 3 is 3.05 bits per heavy atom. The number of hydrogen-bond acceptors (Lipinski definition) is 2. The molecular formula is C15H19BrClNO2. The number of benzene rings is 1.